The van der Waals surface area contributed by atoms with Crippen molar-refractivity contribution < 1.29 is 13.2 Å². The van der Waals surface area contributed by atoms with Crippen LogP contribution < -0.4 is 10.6 Å². The van der Waals surface area contributed by atoms with Crippen molar-refractivity contribution in [1.29, 1.82) is 0 Å². The van der Waals surface area contributed by atoms with Gasteiger partial charge in [0.2, 0.25) is 0 Å². The first-order valence-corrected chi connectivity index (χ1v) is 6.79. The van der Waals surface area contributed by atoms with Gasteiger partial charge in [-0.25, -0.2) is 0 Å². The van der Waals surface area contributed by atoms with Crippen LogP contribution in [0.1, 0.15) is 20.3 Å². The molecule has 1 atom stereocenters. The van der Waals surface area contributed by atoms with Gasteiger partial charge in [-0.3, -0.25) is 4.99 Å². The molecule has 0 aromatic heterocycles. The second-order valence-corrected chi connectivity index (χ2v) is 4.83. The Labute approximate surface area is 128 Å². The zero-order valence-corrected chi connectivity index (χ0v) is 14.0. The van der Waals surface area contributed by atoms with Gasteiger partial charge in [0.1, 0.15) is 0 Å². The number of hydrogen-bond donors (Lipinski definition) is 2. The van der Waals surface area contributed by atoms with E-state index >= 15 is 0 Å². The highest BCUT2D eigenvalue weighted by Gasteiger charge is 2.26. The third kappa shape index (κ3) is 12.6. The molecule has 18 heavy (non-hydrogen) atoms. The van der Waals surface area contributed by atoms with E-state index < -0.39 is 12.6 Å². The van der Waals surface area contributed by atoms with E-state index in [2.05, 4.69) is 15.6 Å². The van der Waals surface area contributed by atoms with E-state index in [4.69, 9.17) is 0 Å². The summed E-state index contributed by atoms with van der Waals surface area (Å²) in [6.45, 7) is 4.96. The number of halogens is 4. The summed E-state index contributed by atoms with van der Waals surface area (Å²) in [7, 11) is 0. The SMILES string of the molecule is CCNC(=NCC(C)SC)NCCC(F)(F)F.I. The lowest BCUT2D eigenvalue weighted by Crippen LogP contribution is -2.39. The zero-order valence-electron chi connectivity index (χ0n) is 10.8. The fraction of sp³-hybridized carbons (Fsp3) is 0.900. The van der Waals surface area contributed by atoms with Gasteiger partial charge in [0, 0.05) is 18.3 Å². The number of nitrogens with zero attached hydrogens (tertiary/aromatic N) is 1. The summed E-state index contributed by atoms with van der Waals surface area (Å²) in [5, 5.41) is 5.93. The summed E-state index contributed by atoms with van der Waals surface area (Å²) >= 11 is 1.67. The van der Waals surface area contributed by atoms with Crippen molar-refractivity contribution in [2.75, 3.05) is 25.9 Å². The van der Waals surface area contributed by atoms with Gasteiger partial charge in [-0.15, -0.1) is 24.0 Å². The van der Waals surface area contributed by atoms with Crippen LogP contribution in [0.4, 0.5) is 13.2 Å². The topological polar surface area (TPSA) is 36.4 Å². The average Bonchev–Trinajstić information content (AvgIpc) is 2.23. The predicted octanol–water partition coefficient (Wildman–Crippen LogP) is 2.86. The van der Waals surface area contributed by atoms with Gasteiger partial charge in [-0.1, -0.05) is 6.92 Å². The second-order valence-electron chi connectivity index (χ2n) is 3.56. The number of rotatable bonds is 6. The van der Waals surface area contributed by atoms with E-state index in [1.807, 2.05) is 20.1 Å². The molecular formula is C10H21F3IN3S. The van der Waals surface area contributed by atoms with Crippen LogP contribution in [-0.4, -0.2) is 43.3 Å². The van der Waals surface area contributed by atoms with Crippen molar-refractivity contribution in [3.63, 3.8) is 0 Å². The highest BCUT2D eigenvalue weighted by Crippen LogP contribution is 2.18. The van der Waals surface area contributed by atoms with E-state index in [1.54, 1.807) is 11.8 Å². The fourth-order valence-corrected chi connectivity index (χ4v) is 1.18. The highest BCUT2D eigenvalue weighted by molar-refractivity contribution is 14.0. The van der Waals surface area contributed by atoms with E-state index in [0.29, 0.717) is 24.3 Å². The van der Waals surface area contributed by atoms with Crippen molar-refractivity contribution >= 4 is 41.7 Å². The van der Waals surface area contributed by atoms with Gasteiger partial charge in [-0.2, -0.15) is 24.9 Å². The average molecular weight is 399 g/mol. The maximum absolute atomic E-state index is 12.0. The van der Waals surface area contributed by atoms with Crippen molar-refractivity contribution in [2.45, 2.75) is 31.7 Å². The Hall–Kier alpha value is 0.140. The Morgan fingerprint density at radius 2 is 1.94 bits per heavy atom. The van der Waals surface area contributed by atoms with E-state index in [0.717, 1.165) is 0 Å². The highest BCUT2D eigenvalue weighted by atomic mass is 127. The lowest BCUT2D eigenvalue weighted by atomic mass is 10.4. The first kappa shape index (κ1) is 20.5. The van der Waals surface area contributed by atoms with Gasteiger partial charge < -0.3 is 10.6 Å². The minimum absolute atomic E-state index is 0. The summed E-state index contributed by atoms with van der Waals surface area (Å²) in [6, 6.07) is 0. The molecule has 0 bridgehead atoms. The van der Waals surface area contributed by atoms with Gasteiger partial charge >= 0.3 is 6.18 Å². The van der Waals surface area contributed by atoms with Crippen LogP contribution in [0.5, 0.6) is 0 Å². The van der Waals surface area contributed by atoms with Crippen LogP contribution in [0.2, 0.25) is 0 Å². The molecule has 0 heterocycles. The van der Waals surface area contributed by atoms with E-state index in [9.17, 15) is 13.2 Å². The Morgan fingerprint density at radius 1 is 1.33 bits per heavy atom. The molecular weight excluding hydrogens is 378 g/mol. The van der Waals surface area contributed by atoms with Crippen LogP contribution in [0.25, 0.3) is 0 Å². The maximum atomic E-state index is 12.0. The number of aliphatic imine (C=N–C) groups is 1. The van der Waals surface area contributed by atoms with Crippen LogP contribution in [0.3, 0.4) is 0 Å². The molecule has 0 spiro atoms. The first-order chi connectivity index (χ1) is 7.89. The van der Waals surface area contributed by atoms with Crippen molar-refractivity contribution in [3.05, 3.63) is 0 Å². The lowest BCUT2D eigenvalue weighted by Gasteiger charge is -2.13. The Balaban J connectivity index is 0. The number of guanidine groups is 1. The third-order valence-corrected chi connectivity index (χ3v) is 2.91. The summed E-state index contributed by atoms with van der Waals surface area (Å²) in [6.07, 6.45) is -3.00. The van der Waals surface area contributed by atoms with Crippen LogP contribution in [0.15, 0.2) is 4.99 Å². The molecule has 0 radical (unpaired) electrons. The van der Waals surface area contributed by atoms with Gasteiger partial charge in [0.25, 0.3) is 0 Å². The summed E-state index contributed by atoms with van der Waals surface area (Å²) in [5.74, 6) is 0.442. The molecule has 0 aromatic carbocycles. The standard InChI is InChI=1S/C10H20F3N3S.HI/c1-4-14-9(16-7-8(2)17-3)15-6-5-10(11,12)13;/h8H,4-7H2,1-3H3,(H2,14,15,16);1H. The van der Waals surface area contributed by atoms with Crippen LogP contribution in [0, 0.1) is 0 Å². The largest absolute Gasteiger partial charge is 0.390 e. The molecule has 0 saturated heterocycles. The number of hydrogen-bond acceptors (Lipinski definition) is 2. The molecule has 2 N–H and O–H groups in total. The molecule has 3 nitrogen and oxygen atoms in total. The Kier molecular flexibility index (Phi) is 12.5. The molecule has 110 valence electrons. The second kappa shape index (κ2) is 11.0. The van der Waals surface area contributed by atoms with Gasteiger partial charge in [-0.05, 0) is 13.2 Å². The van der Waals surface area contributed by atoms with Crippen molar-refractivity contribution in [2.24, 2.45) is 4.99 Å². The minimum atomic E-state index is -4.13. The Morgan fingerprint density at radius 3 is 2.39 bits per heavy atom. The lowest BCUT2D eigenvalue weighted by molar-refractivity contribution is -0.132. The molecule has 0 fully saturated rings. The minimum Gasteiger partial charge on any atom is -0.357 e. The number of thioether (sulfide) groups is 1. The van der Waals surface area contributed by atoms with Gasteiger partial charge in [0.15, 0.2) is 5.96 Å². The van der Waals surface area contributed by atoms with Crippen molar-refractivity contribution in [3.8, 4) is 0 Å². The molecule has 1 unspecified atom stereocenters. The number of alkyl halides is 3. The number of nitrogens with one attached hydrogen (secondary N) is 2. The van der Waals surface area contributed by atoms with Gasteiger partial charge in [0.05, 0.1) is 13.0 Å². The third-order valence-electron chi connectivity index (χ3n) is 1.95. The molecule has 0 amide bonds. The smallest absolute Gasteiger partial charge is 0.357 e. The summed E-state index contributed by atoms with van der Waals surface area (Å²) < 4.78 is 35.9. The first-order valence-electron chi connectivity index (χ1n) is 5.50. The Bertz CT molecular complexity index is 237. The monoisotopic (exact) mass is 399 g/mol. The van der Waals surface area contributed by atoms with Crippen LogP contribution in [-0.2, 0) is 0 Å². The zero-order chi connectivity index (χ0) is 13.3. The normalized spacial score (nSPS) is 13.8. The van der Waals surface area contributed by atoms with E-state index in [-0.39, 0.29) is 30.5 Å². The molecule has 0 saturated carbocycles. The summed E-state index contributed by atoms with van der Waals surface area (Å²) in [5.41, 5.74) is 0. The molecule has 8 heteroatoms. The fourth-order valence-electron chi connectivity index (χ4n) is 0.959. The van der Waals surface area contributed by atoms with Crippen molar-refractivity contribution in [1.82, 2.24) is 10.6 Å². The van der Waals surface area contributed by atoms with Crippen LogP contribution >= 0.6 is 35.7 Å². The van der Waals surface area contributed by atoms with E-state index in [1.165, 1.54) is 0 Å². The summed E-state index contributed by atoms with van der Waals surface area (Å²) in [4.78, 5) is 4.21. The predicted molar refractivity (Wildman–Crippen MR) is 83.0 cm³/mol. The molecule has 0 aliphatic rings. The molecule has 0 aromatic rings. The molecule has 0 aliphatic heterocycles. The maximum Gasteiger partial charge on any atom is 0.390 e. The quantitative estimate of drug-likeness (QED) is 0.410. The molecule has 0 rings (SSSR count). The molecule has 0 aliphatic carbocycles.